The number of carbonyl (C=O) groups excluding carboxylic acids is 1. The van der Waals surface area contributed by atoms with E-state index in [9.17, 15) is 4.79 Å². The Hall–Kier alpha value is -2.82. The second kappa shape index (κ2) is 6.00. The van der Waals surface area contributed by atoms with Gasteiger partial charge in [-0.2, -0.15) is 0 Å². The van der Waals surface area contributed by atoms with Crippen molar-refractivity contribution in [2.45, 2.75) is 25.8 Å². The summed E-state index contributed by atoms with van der Waals surface area (Å²) < 4.78 is 0. The fraction of sp³-hybridized carbons (Fsp3) is 0.263. The highest BCUT2D eigenvalue weighted by molar-refractivity contribution is 5.97. The SMILES string of the molecule is Cc1ccnc([C@@H](NC(=O)c2ccc3nccnc3c2)C2CC2)c1. The predicted octanol–water partition coefficient (Wildman–Crippen LogP) is 3.21. The highest BCUT2D eigenvalue weighted by Gasteiger charge is 2.34. The molecule has 0 bridgehead atoms. The quantitative estimate of drug-likeness (QED) is 0.802. The van der Waals surface area contributed by atoms with E-state index in [4.69, 9.17) is 0 Å². The Morgan fingerprint density at radius 3 is 2.58 bits per heavy atom. The van der Waals surface area contributed by atoms with Crippen molar-refractivity contribution in [1.82, 2.24) is 20.3 Å². The summed E-state index contributed by atoms with van der Waals surface area (Å²) in [5.74, 6) is 0.381. The first kappa shape index (κ1) is 14.8. The summed E-state index contributed by atoms with van der Waals surface area (Å²) in [4.78, 5) is 25.7. The normalized spacial score (nSPS) is 15.2. The average molecular weight is 318 g/mol. The summed E-state index contributed by atoms with van der Waals surface area (Å²) in [7, 11) is 0. The Morgan fingerprint density at radius 2 is 1.83 bits per heavy atom. The second-order valence-corrected chi connectivity index (χ2v) is 6.31. The molecule has 120 valence electrons. The van der Waals surface area contributed by atoms with Crippen LogP contribution in [0.2, 0.25) is 0 Å². The molecule has 0 unspecified atom stereocenters. The number of aryl methyl sites for hydroxylation is 1. The Kier molecular flexibility index (Phi) is 3.69. The van der Waals surface area contributed by atoms with E-state index in [1.165, 1.54) is 0 Å². The molecule has 1 amide bonds. The highest BCUT2D eigenvalue weighted by atomic mass is 16.1. The number of fused-ring (bicyclic) bond motifs is 1. The predicted molar refractivity (Wildman–Crippen MR) is 91.4 cm³/mol. The molecular weight excluding hydrogens is 300 g/mol. The van der Waals surface area contributed by atoms with Crippen molar-refractivity contribution in [3.05, 3.63) is 65.7 Å². The van der Waals surface area contributed by atoms with Crippen molar-refractivity contribution in [3.63, 3.8) is 0 Å². The fourth-order valence-corrected chi connectivity index (χ4v) is 2.92. The van der Waals surface area contributed by atoms with Crippen molar-refractivity contribution in [1.29, 1.82) is 0 Å². The number of benzene rings is 1. The summed E-state index contributed by atoms with van der Waals surface area (Å²) in [6.45, 7) is 2.04. The van der Waals surface area contributed by atoms with Crippen molar-refractivity contribution >= 4 is 16.9 Å². The summed E-state index contributed by atoms with van der Waals surface area (Å²) >= 11 is 0. The van der Waals surface area contributed by atoms with Crippen molar-refractivity contribution in [2.24, 2.45) is 5.92 Å². The van der Waals surface area contributed by atoms with Gasteiger partial charge in [-0.1, -0.05) is 0 Å². The molecule has 0 saturated heterocycles. The van der Waals surface area contributed by atoms with Gasteiger partial charge in [0.2, 0.25) is 0 Å². The van der Waals surface area contributed by atoms with Crippen LogP contribution in [0.5, 0.6) is 0 Å². The van der Waals surface area contributed by atoms with E-state index in [1.54, 1.807) is 30.7 Å². The minimum Gasteiger partial charge on any atom is -0.343 e. The largest absolute Gasteiger partial charge is 0.343 e. The zero-order valence-electron chi connectivity index (χ0n) is 13.4. The minimum atomic E-state index is -0.0947. The van der Waals surface area contributed by atoms with E-state index in [2.05, 4.69) is 26.3 Å². The van der Waals surface area contributed by atoms with Gasteiger partial charge in [0.05, 0.1) is 22.8 Å². The van der Waals surface area contributed by atoms with Crippen molar-refractivity contribution in [2.75, 3.05) is 0 Å². The molecule has 1 saturated carbocycles. The molecule has 1 aliphatic rings. The molecule has 1 aromatic carbocycles. The van der Waals surface area contributed by atoms with E-state index in [1.807, 2.05) is 19.1 Å². The number of aromatic nitrogens is 3. The number of amides is 1. The van der Waals surface area contributed by atoms with Crippen LogP contribution in [0.25, 0.3) is 11.0 Å². The van der Waals surface area contributed by atoms with Gasteiger partial charge in [-0.3, -0.25) is 19.7 Å². The molecule has 1 atom stereocenters. The number of nitrogens with zero attached hydrogens (tertiary/aromatic N) is 3. The molecule has 1 N–H and O–H groups in total. The van der Waals surface area contributed by atoms with Gasteiger partial charge in [-0.25, -0.2) is 0 Å². The Bertz CT molecular complexity index is 905. The number of nitrogens with one attached hydrogen (secondary N) is 1. The monoisotopic (exact) mass is 318 g/mol. The van der Waals surface area contributed by atoms with E-state index < -0.39 is 0 Å². The summed E-state index contributed by atoms with van der Waals surface area (Å²) in [6, 6.07) is 9.39. The first-order chi connectivity index (χ1) is 11.7. The number of rotatable bonds is 4. The maximum absolute atomic E-state index is 12.7. The third-order valence-electron chi connectivity index (χ3n) is 4.37. The zero-order chi connectivity index (χ0) is 16.5. The lowest BCUT2D eigenvalue weighted by Crippen LogP contribution is -2.30. The molecular formula is C19H18N4O. The van der Waals surface area contributed by atoms with Crippen LogP contribution in [0.15, 0.2) is 48.9 Å². The molecule has 4 rings (SSSR count). The highest BCUT2D eigenvalue weighted by Crippen LogP contribution is 2.40. The Morgan fingerprint density at radius 1 is 1.04 bits per heavy atom. The molecule has 0 radical (unpaired) electrons. The van der Waals surface area contributed by atoms with E-state index >= 15 is 0 Å². The standard InChI is InChI=1S/C19H18N4O/c1-12-6-7-20-17(10-12)18(13-2-3-13)23-19(24)14-4-5-15-16(11-14)22-9-8-21-15/h4-11,13,18H,2-3H2,1H3,(H,23,24)/t18-/m0/s1. The average Bonchev–Trinajstić information content (AvgIpc) is 3.44. The first-order valence-electron chi connectivity index (χ1n) is 8.15. The Balaban J connectivity index is 1.60. The zero-order valence-corrected chi connectivity index (χ0v) is 13.4. The van der Waals surface area contributed by atoms with Gasteiger partial charge in [-0.15, -0.1) is 0 Å². The molecule has 0 aliphatic heterocycles. The van der Waals surface area contributed by atoms with Gasteiger partial charge in [0, 0.05) is 24.2 Å². The number of hydrogen-bond acceptors (Lipinski definition) is 4. The van der Waals surface area contributed by atoms with Crippen LogP contribution in [0.4, 0.5) is 0 Å². The molecule has 24 heavy (non-hydrogen) atoms. The topological polar surface area (TPSA) is 67.8 Å². The lowest BCUT2D eigenvalue weighted by atomic mass is 10.1. The van der Waals surface area contributed by atoms with Crippen LogP contribution in [-0.4, -0.2) is 20.9 Å². The van der Waals surface area contributed by atoms with Gasteiger partial charge in [0.25, 0.3) is 5.91 Å². The maximum atomic E-state index is 12.7. The molecule has 2 aromatic heterocycles. The lowest BCUT2D eigenvalue weighted by molar-refractivity contribution is 0.0931. The van der Waals surface area contributed by atoms with Crippen molar-refractivity contribution in [3.8, 4) is 0 Å². The second-order valence-electron chi connectivity index (χ2n) is 6.31. The molecule has 2 heterocycles. The van der Waals surface area contributed by atoms with Crippen LogP contribution in [0, 0.1) is 12.8 Å². The van der Waals surface area contributed by atoms with Crippen LogP contribution in [-0.2, 0) is 0 Å². The van der Waals surface area contributed by atoms with Crippen LogP contribution >= 0.6 is 0 Å². The van der Waals surface area contributed by atoms with E-state index in [0.29, 0.717) is 11.5 Å². The molecule has 0 spiro atoms. The van der Waals surface area contributed by atoms with Crippen LogP contribution in [0.1, 0.15) is 40.5 Å². The molecule has 3 aromatic rings. The van der Waals surface area contributed by atoms with Gasteiger partial charge >= 0.3 is 0 Å². The summed E-state index contributed by atoms with van der Waals surface area (Å²) in [5.41, 5.74) is 4.20. The Labute approximate surface area is 140 Å². The van der Waals surface area contributed by atoms with Crippen LogP contribution in [0.3, 0.4) is 0 Å². The molecule has 1 fully saturated rings. The third kappa shape index (κ3) is 2.97. The van der Waals surface area contributed by atoms with Gasteiger partial charge in [0.1, 0.15) is 0 Å². The molecule has 5 heteroatoms. The van der Waals surface area contributed by atoms with Gasteiger partial charge in [-0.05, 0) is 61.6 Å². The minimum absolute atomic E-state index is 0.0324. The molecule has 5 nitrogen and oxygen atoms in total. The smallest absolute Gasteiger partial charge is 0.251 e. The lowest BCUT2D eigenvalue weighted by Gasteiger charge is -2.18. The summed E-state index contributed by atoms with van der Waals surface area (Å²) in [6.07, 6.45) is 7.34. The van der Waals surface area contributed by atoms with Gasteiger partial charge < -0.3 is 5.32 Å². The number of hydrogen-bond donors (Lipinski definition) is 1. The van der Waals surface area contributed by atoms with Gasteiger partial charge in [0.15, 0.2) is 0 Å². The van der Waals surface area contributed by atoms with E-state index in [-0.39, 0.29) is 11.9 Å². The third-order valence-corrected chi connectivity index (χ3v) is 4.37. The number of carbonyl (C=O) groups is 1. The first-order valence-corrected chi connectivity index (χ1v) is 8.15. The maximum Gasteiger partial charge on any atom is 0.251 e. The summed E-state index contributed by atoms with van der Waals surface area (Å²) in [5, 5.41) is 3.15. The van der Waals surface area contributed by atoms with Crippen molar-refractivity contribution < 1.29 is 4.79 Å². The van der Waals surface area contributed by atoms with Crippen LogP contribution < -0.4 is 5.32 Å². The fourth-order valence-electron chi connectivity index (χ4n) is 2.92. The number of pyridine rings is 1. The molecule has 1 aliphatic carbocycles. The van der Waals surface area contributed by atoms with E-state index in [0.717, 1.165) is 35.1 Å².